The molecule has 31 heavy (non-hydrogen) atoms. The fraction of sp³-hybridized carbons (Fsp3) is 0.800. The van der Waals surface area contributed by atoms with Gasteiger partial charge in [-0.3, -0.25) is 24.1 Å². The van der Waals surface area contributed by atoms with Crippen molar-refractivity contribution in [1.29, 1.82) is 0 Å². The SMILES string of the molecule is CC1CC(=O)N(CCCC(=O)NCCOCCOCCNC(=O)CCO)C1=O.CSC. The van der Waals surface area contributed by atoms with Crippen LogP contribution in [0.25, 0.3) is 0 Å². The summed E-state index contributed by atoms with van der Waals surface area (Å²) in [6.07, 6.45) is 5.11. The summed E-state index contributed by atoms with van der Waals surface area (Å²) in [6, 6.07) is 0. The molecule has 1 fully saturated rings. The summed E-state index contributed by atoms with van der Waals surface area (Å²) in [6.45, 7) is 4.04. The minimum atomic E-state index is -0.257. The number of rotatable bonds is 15. The molecule has 1 aliphatic rings. The normalized spacial score (nSPS) is 15.5. The number of likely N-dealkylation sites (tertiary alicyclic amines) is 1. The number of hydrogen-bond acceptors (Lipinski definition) is 8. The maximum atomic E-state index is 11.8. The van der Waals surface area contributed by atoms with Gasteiger partial charge in [-0.1, -0.05) is 6.92 Å². The highest BCUT2D eigenvalue weighted by Gasteiger charge is 2.34. The fourth-order valence-electron chi connectivity index (χ4n) is 2.61. The Labute approximate surface area is 188 Å². The molecule has 0 saturated carbocycles. The van der Waals surface area contributed by atoms with Crippen molar-refractivity contribution < 1.29 is 33.8 Å². The van der Waals surface area contributed by atoms with Gasteiger partial charge in [0.2, 0.25) is 23.6 Å². The minimum absolute atomic E-state index is 0.0859. The molecule has 3 N–H and O–H groups in total. The van der Waals surface area contributed by atoms with Gasteiger partial charge in [-0.05, 0) is 18.9 Å². The number of imide groups is 1. The van der Waals surface area contributed by atoms with Gasteiger partial charge in [-0.15, -0.1) is 0 Å². The van der Waals surface area contributed by atoms with Crippen LogP contribution in [0.1, 0.15) is 32.6 Å². The Morgan fingerprint density at radius 2 is 1.55 bits per heavy atom. The number of thioether (sulfide) groups is 1. The quantitative estimate of drug-likeness (QED) is 0.224. The second kappa shape index (κ2) is 19.0. The van der Waals surface area contributed by atoms with Crippen LogP contribution < -0.4 is 10.6 Å². The van der Waals surface area contributed by atoms with Crippen molar-refractivity contribution in [2.24, 2.45) is 5.92 Å². The van der Waals surface area contributed by atoms with E-state index >= 15 is 0 Å². The molecule has 11 heteroatoms. The number of hydrogen-bond donors (Lipinski definition) is 3. The lowest BCUT2D eigenvalue weighted by Crippen LogP contribution is -2.33. The van der Waals surface area contributed by atoms with Gasteiger partial charge in [-0.2, -0.15) is 11.8 Å². The summed E-state index contributed by atoms with van der Waals surface area (Å²) in [5.74, 6) is -0.945. The number of amides is 4. The lowest BCUT2D eigenvalue weighted by Gasteiger charge is -2.14. The van der Waals surface area contributed by atoms with Crippen LogP contribution in [0.4, 0.5) is 0 Å². The monoisotopic (exact) mass is 463 g/mol. The van der Waals surface area contributed by atoms with E-state index in [0.717, 1.165) is 0 Å². The summed E-state index contributed by atoms with van der Waals surface area (Å²) in [5, 5.41) is 13.9. The van der Waals surface area contributed by atoms with Crippen molar-refractivity contribution in [2.45, 2.75) is 32.6 Å². The summed E-state index contributed by atoms with van der Waals surface area (Å²) >= 11 is 1.75. The van der Waals surface area contributed by atoms with Gasteiger partial charge < -0.3 is 25.2 Å². The molecule has 0 aromatic carbocycles. The van der Waals surface area contributed by atoms with Gasteiger partial charge in [0.15, 0.2) is 0 Å². The maximum Gasteiger partial charge on any atom is 0.232 e. The van der Waals surface area contributed by atoms with Gasteiger partial charge >= 0.3 is 0 Å². The molecule has 0 bridgehead atoms. The van der Waals surface area contributed by atoms with Crippen molar-refractivity contribution in [3.63, 3.8) is 0 Å². The fourth-order valence-corrected chi connectivity index (χ4v) is 2.61. The van der Waals surface area contributed by atoms with Crippen molar-refractivity contribution in [1.82, 2.24) is 15.5 Å². The van der Waals surface area contributed by atoms with E-state index in [0.29, 0.717) is 45.9 Å². The summed E-state index contributed by atoms with van der Waals surface area (Å²) in [7, 11) is 0. The van der Waals surface area contributed by atoms with E-state index < -0.39 is 0 Å². The third kappa shape index (κ3) is 14.9. The molecule has 1 aliphatic heterocycles. The molecule has 1 saturated heterocycles. The van der Waals surface area contributed by atoms with Crippen LogP contribution in [-0.2, 0) is 28.7 Å². The Morgan fingerprint density at radius 1 is 1.03 bits per heavy atom. The lowest BCUT2D eigenvalue weighted by atomic mass is 10.1. The van der Waals surface area contributed by atoms with Crippen LogP contribution in [0.15, 0.2) is 0 Å². The molecule has 0 aliphatic carbocycles. The van der Waals surface area contributed by atoms with Crippen LogP contribution in [-0.4, -0.2) is 98.8 Å². The lowest BCUT2D eigenvalue weighted by molar-refractivity contribution is -0.139. The van der Waals surface area contributed by atoms with E-state index in [1.807, 2.05) is 12.5 Å². The predicted octanol–water partition coefficient (Wildman–Crippen LogP) is -0.211. The van der Waals surface area contributed by atoms with Crippen LogP contribution in [0, 0.1) is 5.92 Å². The summed E-state index contributed by atoms with van der Waals surface area (Å²) < 4.78 is 10.6. The van der Waals surface area contributed by atoms with Gasteiger partial charge in [0, 0.05) is 44.8 Å². The molecular formula is C20H37N3O7S. The molecule has 4 amide bonds. The predicted molar refractivity (Wildman–Crippen MR) is 119 cm³/mol. The second-order valence-corrected chi connectivity index (χ2v) is 7.72. The zero-order chi connectivity index (χ0) is 23.5. The van der Waals surface area contributed by atoms with E-state index in [-0.39, 0.29) is 62.0 Å². The zero-order valence-electron chi connectivity index (χ0n) is 18.8. The Morgan fingerprint density at radius 3 is 2.00 bits per heavy atom. The summed E-state index contributed by atoms with van der Waals surface area (Å²) in [5.41, 5.74) is 0. The first-order chi connectivity index (χ1) is 14.9. The molecule has 0 radical (unpaired) electrons. The molecule has 0 spiro atoms. The number of aliphatic hydroxyl groups is 1. The molecule has 10 nitrogen and oxygen atoms in total. The van der Waals surface area contributed by atoms with E-state index in [1.165, 1.54) is 4.90 Å². The average Bonchev–Trinajstić information content (AvgIpc) is 2.96. The van der Waals surface area contributed by atoms with Crippen LogP contribution in [0.2, 0.25) is 0 Å². The van der Waals surface area contributed by atoms with Crippen molar-refractivity contribution in [2.75, 3.05) is 65.2 Å². The number of ether oxygens (including phenoxy) is 2. The molecule has 1 atom stereocenters. The first-order valence-electron chi connectivity index (χ1n) is 10.4. The van der Waals surface area contributed by atoms with Crippen molar-refractivity contribution in [3.8, 4) is 0 Å². The maximum absolute atomic E-state index is 11.8. The van der Waals surface area contributed by atoms with Gasteiger partial charge in [0.05, 0.1) is 33.0 Å². The first kappa shape index (κ1) is 29.3. The third-order valence-corrected chi connectivity index (χ3v) is 4.10. The van der Waals surface area contributed by atoms with Crippen LogP contribution in [0.5, 0.6) is 0 Å². The smallest absolute Gasteiger partial charge is 0.232 e. The number of nitrogens with zero attached hydrogens (tertiary/aromatic N) is 1. The highest BCUT2D eigenvalue weighted by Crippen LogP contribution is 2.18. The number of aliphatic hydroxyl groups excluding tert-OH is 1. The molecule has 0 aromatic heterocycles. The van der Waals surface area contributed by atoms with E-state index in [9.17, 15) is 19.2 Å². The van der Waals surface area contributed by atoms with Crippen LogP contribution >= 0.6 is 11.8 Å². The van der Waals surface area contributed by atoms with Crippen LogP contribution in [0.3, 0.4) is 0 Å². The highest BCUT2D eigenvalue weighted by molar-refractivity contribution is 7.97. The van der Waals surface area contributed by atoms with Gasteiger partial charge in [0.25, 0.3) is 0 Å². The largest absolute Gasteiger partial charge is 0.396 e. The summed E-state index contributed by atoms with van der Waals surface area (Å²) in [4.78, 5) is 47.4. The average molecular weight is 464 g/mol. The molecule has 1 heterocycles. The Balaban J connectivity index is 0.00000282. The third-order valence-electron chi connectivity index (χ3n) is 4.10. The Hall–Kier alpha value is -1.69. The Kier molecular flexibility index (Phi) is 18.0. The van der Waals surface area contributed by atoms with E-state index in [2.05, 4.69) is 10.6 Å². The minimum Gasteiger partial charge on any atom is -0.396 e. The number of carbonyl (C=O) groups excluding carboxylic acids is 4. The van der Waals surface area contributed by atoms with Gasteiger partial charge in [-0.25, -0.2) is 0 Å². The molecule has 180 valence electrons. The standard InChI is InChI=1S/C18H31N3O7.C2H6S/c1-14-13-17(25)21(18(14)26)7-2-3-15(23)19-5-9-27-11-12-28-10-6-20-16(24)4-8-22;1-3-2/h14,22H,2-13H2,1H3,(H,19,23)(H,20,24);1-2H3. The number of carbonyl (C=O) groups is 4. The van der Waals surface area contributed by atoms with E-state index in [1.54, 1.807) is 18.7 Å². The first-order valence-corrected chi connectivity index (χ1v) is 12.0. The molecule has 1 rings (SSSR count). The topological polar surface area (TPSA) is 134 Å². The number of nitrogens with one attached hydrogen (secondary N) is 2. The van der Waals surface area contributed by atoms with Crippen molar-refractivity contribution in [3.05, 3.63) is 0 Å². The van der Waals surface area contributed by atoms with Crippen molar-refractivity contribution >= 4 is 35.4 Å². The highest BCUT2D eigenvalue weighted by atomic mass is 32.2. The van der Waals surface area contributed by atoms with E-state index in [4.69, 9.17) is 14.6 Å². The zero-order valence-corrected chi connectivity index (χ0v) is 19.6. The molecular weight excluding hydrogens is 426 g/mol. The second-order valence-electron chi connectivity index (χ2n) is 6.90. The molecule has 0 aromatic rings. The van der Waals surface area contributed by atoms with Gasteiger partial charge in [0.1, 0.15) is 0 Å². The molecule has 1 unspecified atom stereocenters. The Bertz CT molecular complexity index is 549.